The molecule has 0 aromatic carbocycles. The Hall–Kier alpha value is -0.590. The van der Waals surface area contributed by atoms with Gasteiger partial charge in [0.25, 0.3) is 0 Å². The molecule has 3 nitrogen and oxygen atoms in total. The molecule has 0 spiro atoms. The summed E-state index contributed by atoms with van der Waals surface area (Å²) in [4.78, 5) is 2.41. The van der Waals surface area contributed by atoms with Gasteiger partial charge in [0.05, 0.1) is 18.1 Å². The molecule has 78 valence electrons. The standard InChI is InChI=1S/C11H18N2O/c12-8-9-2-1-3-11(9)13-6-4-10(14)5-7-13/h9-11,14H,1-7H2. The van der Waals surface area contributed by atoms with E-state index in [1.165, 1.54) is 12.8 Å². The molecule has 1 N–H and O–H groups in total. The van der Waals surface area contributed by atoms with Gasteiger partial charge in [0.15, 0.2) is 0 Å². The van der Waals surface area contributed by atoms with Crippen LogP contribution in [0.2, 0.25) is 0 Å². The largest absolute Gasteiger partial charge is 0.393 e. The van der Waals surface area contributed by atoms with E-state index >= 15 is 0 Å². The van der Waals surface area contributed by atoms with E-state index in [9.17, 15) is 5.11 Å². The number of piperidine rings is 1. The number of likely N-dealkylation sites (tertiary alicyclic amines) is 1. The first kappa shape index (κ1) is 9.95. The minimum absolute atomic E-state index is 0.104. The summed E-state index contributed by atoms with van der Waals surface area (Å²) < 4.78 is 0. The molecule has 2 rings (SSSR count). The fourth-order valence-electron chi connectivity index (χ4n) is 2.75. The molecule has 2 atom stereocenters. The molecule has 0 radical (unpaired) electrons. The zero-order chi connectivity index (χ0) is 9.97. The monoisotopic (exact) mass is 194 g/mol. The van der Waals surface area contributed by atoms with Gasteiger partial charge < -0.3 is 5.11 Å². The third-order valence-corrected chi connectivity index (χ3v) is 3.61. The zero-order valence-corrected chi connectivity index (χ0v) is 8.52. The van der Waals surface area contributed by atoms with Crippen LogP contribution in [0.15, 0.2) is 0 Å². The number of aliphatic hydroxyl groups excluding tert-OH is 1. The predicted octanol–water partition coefficient (Wildman–Crippen LogP) is 1.14. The molecule has 2 fully saturated rings. The molecule has 0 amide bonds. The normalized spacial score (nSPS) is 35.7. The van der Waals surface area contributed by atoms with E-state index in [0.29, 0.717) is 6.04 Å². The lowest BCUT2D eigenvalue weighted by molar-refractivity contribution is 0.0560. The summed E-state index contributed by atoms with van der Waals surface area (Å²) >= 11 is 0. The van der Waals surface area contributed by atoms with E-state index in [2.05, 4.69) is 11.0 Å². The van der Waals surface area contributed by atoms with Crippen LogP contribution in [0.25, 0.3) is 0 Å². The topological polar surface area (TPSA) is 47.3 Å². The van der Waals surface area contributed by atoms with Crippen molar-refractivity contribution in [3.05, 3.63) is 0 Å². The molecule has 14 heavy (non-hydrogen) atoms. The van der Waals surface area contributed by atoms with Gasteiger partial charge in [0.2, 0.25) is 0 Å². The van der Waals surface area contributed by atoms with Gasteiger partial charge in [0.1, 0.15) is 0 Å². The Labute approximate surface area is 85.3 Å². The smallest absolute Gasteiger partial charge is 0.0672 e. The lowest BCUT2D eigenvalue weighted by Gasteiger charge is -2.35. The highest BCUT2D eigenvalue weighted by molar-refractivity contribution is 4.98. The Kier molecular flexibility index (Phi) is 3.05. The quantitative estimate of drug-likeness (QED) is 0.681. The van der Waals surface area contributed by atoms with Crippen molar-refractivity contribution in [1.29, 1.82) is 5.26 Å². The van der Waals surface area contributed by atoms with Gasteiger partial charge in [-0.1, -0.05) is 6.42 Å². The molecule has 1 aliphatic heterocycles. The molecule has 3 heteroatoms. The number of hydrogen-bond donors (Lipinski definition) is 1. The summed E-state index contributed by atoms with van der Waals surface area (Å²) in [6.45, 7) is 1.95. The molecule has 0 aromatic rings. The minimum atomic E-state index is -0.104. The van der Waals surface area contributed by atoms with Gasteiger partial charge >= 0.3 is 0 Å². The molecule has 1 saturated heterocycles. The average Bonchev–Trinajstić information content (AvgIpc) is 2.67. The summed E-state index contributed by atoms with van der Waals surface area (Å²) in [5.41, 5.74) is 0. The van der Waals surface area contributed by atoms with Crippen molar-refractivity contribution in [2.24, 2.45) is 5.92 Å². The fourth-order valence-corrected chi connectivity index (χ4v) is 2.75. The van der Waals surface area contributed by atoms with Crippen LogP contribution in [0.3, 0.4) is 0 Å². The van der Waals surface area contributed by atoms with E-state index in [1.807, 2.05) is 0 Å². The molecule has 2 aliphatic rings. The maximum Gasteiger partial charge on any atom is 0.0672 e. The highest BCUT2D eigenvalue weighted by Crippen LogP contribution is 2.31. The Morgan fingerprint density at radius 1 is 1.14 bits per heavy atom. The van der Waals surface area contributed by atoms with Gasteiger partial charge in [0, 0.05) is 19.1 Å². The van der Waals surface area contributed by atoms with Crippen LogP contribution in [0.4, 0.5) is 0 Å². The van der Waals surface area contributed by atoms with Crippen molar-refractivity contribution in [1.82, 2.24) is 4.90 Å². The highest BCUT2D eigenvalue weighted by atomic mass is 16.3. The Morgan fingerprint density at radius 2 is 1.86 bits per heavy atom. The number of hydrogen-bond acceptors (Lipinski definition) is 3. The molecule has 0 aromatic heterocycles. The van der Waals surface area contributed by atoms with Crippen molar-refractivity contribution < 1.29 is 5.11 Å². The van der Waals surface area contributed by atoms with E-state index in [-0.39, 0.29) is 12.0 Å². The summed E-state index contributed by atoms with van der Waals surface area (Å²) in [5.74, 6) is 0.241. The fraction of sp³-hybridized carbons (Fsp3) is 0.909. The third-order valence-electron chi connectivity index (χ3n) is 3.61. The molecule has 0 bridgehead atoms. The number of nitrogens with zero attached hydrogens (tertiary/aromatic N) is 2. The molecule has 1 saturated carbocycles. The van der Waals surface area contributed by atoms with Crippen LogP contribution in [0.5, 0.6) is 0 Å². The predicted molar refractivity (Wildman–Crippen MR) is 53.6 cm³/mol. The van der Waals surface area contributed by atoms with Gasteiger partial charge in [-0.25, -0.2) is 0 Å². The molecule has 1 heterocycles. The SMILES string of the molecule is N#CC1CCCC1N1CCC(O)CC1. The van der Waals surface area contributed by atoms with Crippen molar-refractivity contribution >= 4 is 0 Å². The molecule has 2 unspecified atom stereocenters. The Balaban J connectivity index is 1.92. The molecular formula is C11H18N2O. The van der Waals surface area contributed by atoms with Crippen LogP contribution >= 0.6 is 0 Å². The Bertz CT molecular complexity index is 228. The van der Waals surface area contributed by atoms with E-state index in [4.69, 9.17) is 5.26 Å². The number of nitriles is 1. The second kappa shape index (κ2) is 4.29. The third kappa shape index (κ3) is 1.92. The Morgan fingerprint density at radius 3 is 2.50 bits per heavy atom. The molecule has 1 aliphatic carbocycles. The van der Waals surface area contributed by atoms with E-state index in [0.717, 1.165) is 32.4 Å². The van der Waals surface area contributed by atoms with Crippen molar-refractivity contribution in [3.63, 3.8) is 0 Å². The van der Waals surface area contributed by atoms with Crippen LogP contribution in [0, 0.1) is 17.2 Å². The maximum atomic E-state index is 9.40. The number of aliphatic hydroxyl groups is 1. The van der Waals surface area contributed by atoms with Crippen LogP contribution < -0.4 is 0 Å². The summed E-state index contributed by atoms with van der Waals surface area (Å²) in [5, 5.41) is 18.4. The van der Waals surface area contributed by atoms with Crippen LogP contribution in [0.1, 0.15) is 32.1 Å². The van der Waals surface area contributed by atoms with Gasteiger partial charge in [-0.2, -0.15) is 5.26 Å². The first-order valence-electron chi connectivity index (χ1n) is 5.63. The molecular weight excluding hydrogens is 176 g/mol. The number of rotatable bonds is 1. The van der Waals surface area contributed by atoms with Crippen molar-refractivity contribution in [2.75, 3.05) is 13.1 Å². The van der Waals surface area contributed by atoms with Crippen molar-refractivity contribution in [2.45, 2.75) is 44.2 Å². The van der Waals surface area contributed by atoms with E-state index in [1.54, 1.807) is 0 Å². The highest BCUT2D eigenvalue weighted by Gasteiger charge is 2.33. The van der Waals surface area contributed by atoms with Crippen LogP contribution in [-0.2, 0) is 0 Å². The second-order valence-electron chi connectivity index (χ2n) is 4.50. The van der Waals surface area contributed by atoms with Crippen molar-refractivity contribution in [3.8, 4) is 6.07 Å². The van der Waals surface area contributed by atoms with Gasteiger partial charge in [-0.05, 0) is 25.7 Å². The first-order valence-corrected chi connectivity index (χ1v) is 5.63. The van der Waals surface area contributed by atoms with Gasteiger partial charge in [-0.3, -0.25) is 4.90 Å². The zero-order valence-electron chi connectivity index (χ0n) is 8.52. The lowest BCUT2D eigenvalue weighted by Crippen LogP contribution is -2.44. The maximum absolute atomic E-state index is 9.40. The summed E-state index contributed by atoms with van der Waals surface area (Å²) in [6, 6.07) is 2.90. The average molecular weight is 194 g/mol. The minimum Gasteiger partial charge on any atom is -0.393 e. The first-order chi connectivity index (χ1) is 6.81. The lowest BCUT2D eigenvalue weighted by atomic mass is 10.00. The summed E-state index contributed by atoms with van der Waals surface area (Å²) in [7, 11) is 0. The second-order valence-corrected chi connectivity index (χ2v) is 4.50. The summed E-state index contributed by atoms with van der Waals surface area (Å²) in [6.07, 6.45) is 5.10. The van der Waals surface area contributed by atoms with Gasteiger partial charge in [-0.15, -0.1) is 0 Å². The van der Waals surface area contributed by atoms with E-state index < -0.39 is 0 Å². The van der Waals surface area contributed by atoms with Crippen LogP contribution in [-0.4, -0.2) is 35.2 Å².